The number of pyridine rings is 2. The van der Waals surface area contributed by atoms with Crippen LogP contribution in [0.5, 0.6) is 0 Å². The lowest BCUT2D eigenvalue weighted by Crippen LogP contribution is -2.26. The van der Waals surface area contributed by atoms with Crippen LogP contribution < -0.4 is 5.32 Å². The number of carbonyl (C=O) groups is 1. The molecule has 1 amide bonds. The van der Waals surface area contributed by atoms with E-state index in [-0.39, 0.29) is 11.8 Å². The molecule has 0 aliphatic carbocycles. The van der Waals surface area contributed by atoms with E-state index in [0.717, 1.165) is 27.3 Å². The standard InChI is InChI=1S/C20H21N7OS/c1-12(19(28)26(2)3)13-7-8-22-17(9-13)25-20-24-15-6-5-14(23-18(15)29-20)16-10-21-11-27(16)4/h5-12H,1-4H3,(H,22,24,25). The van der Waals surface area contributed by atoms with Gasteiger partial charge in [-0.2, -0.15) is 0 Å². The molecule has 1 N–H and O–H groups in total. The van der Waals surface area contributed by atoms with Crippen LogP contribution in [-0.2, 0) is 11.8 Å². The number of imidazole rings is 1. The van der Waals surface area contributed by atoms with Gasteiger partial charge in [-0.1, -0.05) is 11.3 Å². The number of aryl methyl sites for hydroxylation is 1. The highest BCUT2D eigenvalue weighted by Crippen LogP contribution is 2.29. The van der Waals surface area contributed by atoms with Gasteiger partial charge in [-0.05, 0) is 36.8 Å². The van der Waals surface area contributed by atoms with Crippen LogP contribution >= 0.6 is 11.3 Å². The maximum absolute atomic E-state index is 12.2. The highest BCUT2D eigenvalue weighted by Gasteiger charge is 2.18. The van der Waals surface area contributed by atoms with Crippen molar-refractivity contribution in [2.75, 3.05) is 19.4 Å². The van der Waals surface area contributed by atoms with Gasteiger partial charge in [-0.3, -0.25) is 4.79 Å². The Balaban J connectivity index is 1.59. The Morgan fingerprint density at radius 1 is 1.24 bits per heavy atom. The number of likely N-dealkylation sites (N-methyl/N-ethyl adjacent to an activating group) is 1. The van der Waals surface area contributed by atoms with Crippen molar-refractivity contribution in [3.05, 3.63) is 48.5 Å². The summed E-state index contributed by atoms with van der Waals surface area (Å²) in [6.45, 7) is 1.89. The third-order valence-corrected chi connectivity index (χ3v) is 5.55. The molecule has 0 saturated carbocycles. The quantitative estimate of drug-likeness (QED) is 0.545. The SMILES string of the molecule is CC(C(=O)N(C)C)c1ccnc(Nc2nc3ccc(-c4cncn4C)nc3s2)c1. The lowest BCUT2D eigenvalue weighted by molar-refractivity contribution is -0.129. The number of nitrogens with one attached hydrogen (secondary N) is 1. The van der Waals surface area contributed by atoms with Crippen molar-refractivity contribution in [3.8, 4) is 11.4 Å². The van der Waals surface area contributed by atoms with Gasteiger partial charge in [0.2, 0.25) is 5.91 Å². The minimum absolute atomic E-state index is 0.0500. The van der Waals surface area contributed by atoms with Crippen molar-refractivity contribution >= 4 is 38.5 Å². The van der Waals surface area contributed by atoms with Crippen molar-refractivity contribution in [1.82, 2.24) is 29.4 Å². The van der Waals surface area contributed by atoms with E-state index in [2.05, 4.69) is 20.3 Å². The van der Waals surface area contributed by atoms with Crippen LogP contribution in [-0.4, -0.2) is 49.4 Å². The van der Waals surface area contributed by atoms with E-state index in [0.29, 0.717) is 10.9 Å². The molecule has 4 heterocycles. The molecule has 29 heavy (non-hydrogen) atoms. The van der Waals surface area contributed by atoms with E-state index in [1.807, 2.05) is 42.8 Å². The molecule has 0 spiro atoms. The Morgan fingerprint density at radius 2 is 2.07 bits per heavy atom. The van der Waals surface area contributed by atoms with Crippen LogP contribution in [0.4, 0.5) is 10.9 Å². The first-order valence-corrected chi connectivity index (χ1v) is 9.92. The Hall–Kier alpha value is -3.33. The van der Waals surface area contributed by atoms with Crippen LogP contribution in [0.2, 0.25) is 0 Å². The van der Waals surface area contributed by atoms with Crippen LogP contribution in [0, 0.1) is 0 Å². The molecule has 4 rings (SSSR count). The summed E-state index contributed by atoms with van der Waals surface area (Å²) >= 11 is 1.46. The van der Waals surface area contributed by atoms with Gasteiger partial charge >= 0.3 is 0 Å². The molecular formula is C20H21N7OS. The molecule has 0 saturated heterocycles. The minimum Gasteiger partial charge on any atom is -0.348 e. The molecule has 0 aliphatic heterocycles. The predicted molar refractivity (Wildman–Crippen MR) is 114 cm³/mol. The normalized spacial score (nSPS) is 12.1. The van der Waals surface area contributed by atoms with E-state index in [4.69, 9.17) is 4.98 Å². The molecule has 4 aromatic heterocycles. The Bertz CT molecular complexity index is 1180. The van der Waals surface area contributed by atoms with E-state index >= 15 is 0 Å². The number of carbonyl (C=O) groups excluding carboxylic acids is 1. The third kappa shape index (κ3) is 3.81. The Labute approximate surface area is 172 Å². The summed E-state index contributed by atoms with van der Waals surface area (Å²) in [5, 5.41) is 3.94. The summed E-state index contributed by atoms with van der Waals surface area (Å²) in [5.74, 6) is 0.452. The molecular weight excluding hydrogens is 386 g/mol. The van der Waals surface area contributed by atoms with Crippen molar-refractivity contribution < 1.29 is 4.79 Å². The second-order valence-electron chi connectivity index (χ2n) is 6.98. The van der Waals surface area contributed by atoms with Crippen LogP contribution in [0.15, 0.2) is 43.0 Å². The summed E-state index contributed by atoms with van der Waals surface area (Å²) in [7, 11) is 5.45. The molecule has 1 atom stereocenters. The van der Waals surface area contributed by atoms with Gasteiger partial charge < -0.3 is 14.8 Å². The van der Waals surface area contributed by atoms with Crippen LogP contribution in [0.3, 0.4) is 0 Å². The maximum atomic E-state index is 12.2. The molecule has 0 aromatic carbocycles. The van der Waals surface area contributed by atoms with Gasteiger partial charge in [0.1, 0.15) is 16.2 Å². The van der Waals surface area contributed by atoms with Crippen molar-refractivity contribution in [3.63, 3.8) is 0 Å². The number of hydrogen-bond donors (Lipinski definition) is 1. The highest BCUT2D eigenvalue weighted by atomic mass is 32.1. The summed E-state index contributed by atoms with van der Waals surface area (Å²) in [6, 6.07) is 7.63. The number of amides is 1. The first kappa shape index (κ1) is 19.0. The summed E-state index contributed by atoms with van der Waals surface area (Å²) in [6.07, 6.45) is 5.24. The molecule has 148 valence electrons. The molecule has 0 radical (unpaired) electrons. The number of fused-ring (bicyclic) bond motifs is 1. The van der Waals surface area contributed by atoms with Crippen LogP contribution in [0.25, 0.3) is 21.7 Å². The van der Waals surface area contributed by atoms with Gasteiger partial charge in [0.05, 0.1) is 29.8 Å². The first-order valence-electron chi connectivity index (χ1n) is 9.11. The average Bonchev–Trinajstić information content (AvgIpc) is 3.31. The van der Waals surface area contributed by atoms with Crippen LogP contribution in [0.1, 0.15) is 18.4 Å². The van der Waals surface area contributed by atoms with Crippen molar-refractivity contribution in [1.29, 1.82) is 0 Å². The summed E-state index contributed by atoms with van der Waals surface area (Å²) < 4.78 is 1.93. The first-order chi connectivity index (χ1) is 13.9. The number of aromatic nitrogens is 5. The van der Waals surface area contributed by atoms with Gasteiger partial charge in [0, 0.05) is 27.3 Å². The number of rotatable bonds is 5. The fourth-order valence-electron chi connectivity index (χ4n) is 3.04. The van der Waals surface area contributed by atoms with Gasteiger partial charge in [-0.15, -0.1) is 0 Å². The Kier molecular flexibility index (Phi) is 4.98. The zero-order valence-corrected chi connectivity index (χ0v) is 17.4. The van der Waals surface area contributed by atoms with E-state index in [1.165, 1.54) is 11.3 Å². The lowest BCUT2D eigenvalue weighted by atomic mass is 10.0. The number of thiazole rings is 1. The van der Waals surface area contributed by atoms with E-state index in [1.54, 1.807) is 37.7 Å². The molecule has 0 fully saturated rings. The van der Waals surface area contributed by atoms with Crippen molar-refractivity contribution in [2.45, 2.75) is 12.8 Å². The summed E-state index contributed by atoms with van der Waals surface area (Å²) in [4.78, 5) is 32.5. The summed E-state index contributed by atoms with van der Waals surface area (Å²) in [5.41, 5.74) is 3.52. The third-order valence-electron chi connectivity index (χ3n) is 4.66. The fraction of sp³-hybridized carbons (Fsp3) is 0.250. The number of anilines is 2. The lowest BCUT2D eigenvalue weighted by Gasteiger charge is -2.17. The predicted octanol–water partition coefficient (Wildman–Crippen LogP) is 3.42. The molecule has 1 unspecified atom stereocenters. The largest absolute Gasteiger partial charge is 0.348 e. The molecule has 9 heteroatoms. The van der Waals surface area contributed by atoms with E-state index in [9.17, 15) is 4.79 Å². The van der Waals surface area contributed by atoms with Gasteiger partial charge in [0.25, 0.3) is 0 Å². The molecule has 0 aliphatic rings. The zero-order chi connectivity index (χ0) is 20.5. The fourth-order valence-corrected chi connectivity index (χ4v) is 3.89. The molecule has 0 bridgehead atoms. The second kappa shape index (κ2) is 7.59. The maximum Gasteiger partial charge on any atom is 0.229 e. The Morgan fingerprint density at radius 3 is 2.79 bits per heavy atom. The average molecular weight is 408 g/mol. The molecule has 8 nitrogen and oxygen atoms in total. The van der Waals surface area contributed by atoms with Gasteiger partial charge in [-0.25, -0.2) is 19.9 Å². The van der Waals surface area contributed by atoms with E-state index < -0.39 is 0 Å². The highest BCUT2D eigenvalue weighted by molar-refractivity contribution is 7.21. The zero-order valence-electron chi connectivity index (χ0n) is 16.6. The second-order valence-corrected chi connectivity index (χ2v) is 7.96. The van der Waals surface area contributed by atoms with Crippen molar-refractivity contribution in [2.24, 2.45) is 7.05 Å². The number of hydrogen-bond acceptors (Lipinski definition) is 7. The van der Waals surface area contributed by atoms with Gasteiger partial charge in [0.15, 0.2) is 5.13 Å². The number of nitrogens with zero attached hydrogens (tertiary/aromatic N) is 6. The topological polar surface area (TPSA) is 88.8 Å². The minimum atomic E-state index is -0.243. The smallest absolute Gasteiger partial charge is 0.229 e. The monoisotopic (exact) mass is 407 g/mol. The molecule has 4 aromatic rings.